The number of aromatic nitrogens is 2. The van der Waals surface area contributed by atoms with Gasteiger partial charge in [-0.3, -0.25) is 14.8 Å². The zero-order valence-electron chi connectivity index (χ0n) is 12.9. The third-order valence-electron chi connectivity index (χ3n) is 2.33. The van der Waals surface area contributed by atoms with Crippen LogP contribution >= 0.6 is 0 Å². The van der Waals surface area contributed by atoms with Crippen molar-refractivity contribution in [1.82, 2.24) is 15.1 Å². The van der Waals surface area contributed by atoms with Crippen LogP contribution in [0.2, 0.25) is 0 Å². The lowest BCUT2D eigenvalue weighted by Gasteiger charge is -2.19. The fourth-order valence-corrected chi connectivity index (χ4v) is 1.50. The molecule has 1 rings (SSSR count). The fraction of sp³-hybridized carbons (Fsp3) is 0.615. The van der Waals surface area contributed by atoms with Crippen LogP contribution in [0.4, 0.5) is 10.5 Å². The minimum Gasteiger partial charge on any atom is -0.444 e. The van der Waals surface area contributed by atoms with Crippen molar-refractivity contribution >= 4 is 17.7 Å². The number of nitrogens with zero attached hydrogens (tertiary/aromatic N) is 2. The Balaban J connectivity index is 2.84. The minimum atomic E-state index is -0.667. The van der Waals surface area contributed by atoms with E-state index >= 15 is 0 Å². The summed E-state index contributed by atoms with van der Waals surface area (Å²) in [7, 11) is 1.63. The van der Waals surface area contributed by atoms with Crippen molar-refractivity contribution in [2.45, 2.75) is 39.3 Å². The second kappa shape index (κ2) is 6.57. The topological polar surface area (TPSA) is 105 Å². The first-order chi connectivity index (χ1) is 9.62. The zero-order valence-corrected chi connectivity index (χ0v) is 12.9. The Bertz CT molecular complexity index is 519. The van der Waals surface area contributed by atoms with E-state index in [9.17, 15) is 9.59 Å². The van der Waals surface area contributed by atoms with Crippen LogP contribution in [0.15, 0.2) is 6.20 Å². The van der Waals surface area contributed by atoms with Crippen molar-refractivity contribution in [1.29, 1.82) is 0 Å². The maximum atomic E-state index is 12.0. The largest absolute Gasteiger partial charge is 0.444 e. The van der Waals surface area contributed by atoms with E-state index in [-0.39, 0.29) is 18.0 Å². The lowest BCUT2D eigenvalue weighted by Crippen LogP contribution is -2.36. The number of carbonyl (C=O) groups is 2. The highest BCUT2D eigenvalue weighted by Crippen LogP contribution is 2.15. The number of aryl methyl sites for hydroxylation is 1. The number of nitrogens with one attached hydrogen (secondary N) is 2. The van der Waals surface area contributed by atoms with Gasteiger partial charge in [-0.15, -0.1) is 0 Å². The SMILES string of the molecule is CC(CO)NC(=O)c1nn(C)cc1NC(=O)OC(C)(C)C. The van der Waals surface area contributed by atoms with Gasteiger partial charge in [0.25, 0.3) is 5.91 Å². The van der Waals surface area contributed by atoms with Gasteiger partial charge in [0.2, 0.25) is 0 Å². The summed E-state index contributed by atoms with van der Waals surface area (Å²) in [5.41, 5.74) is -0.335. The average Bonchev–Trinajstić information content (AvgIpc) is 2.67. The van der Waals surface area contributed by atoms with Gasteiger partial charge in [0, 0.05) is 19.3 Å². The Kier molecular flexibility index (Phi) is 5.31. The molecule has 118 valence electrons. The van der Waals surface area contributed by atoms with E-state index in [0.717, 1.165) is 0 Å². The molecule has 21 heavy (non-hydrogen) atoms. The fourth-order valence-electron chi connectivity index (χ4n) is 1.50. The van der Waals surface area contributed by atoms with Gasteiger partial charge in [0.1, 0.15) is 5.60 Å². The molecule has 0 radical (unpaired) electrons. The molecule has 0 fully saturated rings. The molecule has 0 aliphatic rings. The van der Waals surface area contributed by atoms with Crippen LogP contribution in [0.25, 0.3) is 0 Å². The summed E-state index contributed by atoms with van der Waals surface area (Å²) in [5, 5.41) is 18.0. The molecule has 1 aromatic rings. The highest BCUT2D eigenvalue weighted by atomic mass is 16.6. The van der Waals surface area contributed by atoms with Gasteiger partial charge in [-0.2, -0.15) is 5.10 Å². The van der Waals surface area contributed by atoms with Gasteiger partial charge >= 0.3 is 6.09 Å². The van der Waals surface area contributed by atoms with E-state index in [2.05, 4.69) is 15.7 Å². The van der Waals surface area contributed by atoms with E-state index < -0.39 is 23.6 Å². The Morgan fingerprint density at radius 3 is 2.62 bits per heavy atom. The molecule has 0 aliphatic carbocycles. The van der Waals surface area contributed by atoms with Crippen molar-refractivity contribution < 1.29 is 19.4 Å². The van der Waals surface area contributed by atoms with Gasteiger partial charge in [0.15, 0.2) is 5.69 Å². The lowest BCUT2D eigenvalue weighted by molar-refractivity contribution is 0.0636. The van der Waals surface area contributed by atoms with Crippen LogP contribution in [0.5, 0.6) is 0 Å². The second-order valence-electron chi connectivity index (χ2n) is 5.75. The molecule has 8 nitrogen and oxygen atoms in total. The van der Waals surface area contributed by atoms with Crippen molar-refractivity contribution in [3.8, 4) is 0 Å². The molecule has 0 saturated heterocycles. The molecule has 1 atom stereocenters. The van der Waals surface area contributed by atoms with E-state index in [1.807, 2.05) is 0 Å². The summed E-state index contributed by atoms with van der Waals surface area (Å²) >= 11 is 0. The van der Waals surface area contributed by atoms with E-state index in [0.29, 0.717) is 0 Å². The summed E-state index contributed by atoms with van der Waals surface area (Å²) in [4.78, 5) is 23.8. The van der Waals surface area contributed by atoms with Crippen molar-refractivity contribution in [2.24, 2.45) is 7.05 Å². The van der Waals surface area contributed by atoms with Crippen molar-refractivity contribution in [3.05, 3.63) is 11.9 Å². The molecule has 1 unspecified atom stereocenters. The van der Waals surface area contributed by atoms with Gasteiger partial charge in [-0.1, -0.05) is 0 Å². The van der Waals surface area contributed by atoms with Crippen molar-refractivity contribution in [3.63, 3.8) is 0 Å². The lowest BCUT2D eigenvalue weighted by atomic mass is 10.2. The number of anilines is 1. The number of ether oxygens (including phenoxy) is 1. The van der Waals surface area contributed by atoms with Crippen LogP contribution < -0.4 is 10.6 Å². The Hall–Kier alpha value is -2.09. The highest BCUT2D eigenvalue weighted by Gasteiger charge is 2.22. The number of aliphatic hydroxyl groups is 1. The van der Waals surface area contributed by atoms with Crippen molar-refractivity contribution in [2.75, 3.05) is 11.9 Å². The quantitative estimate of drug-likeness (QED) is 0.765. The molecule has 1 aromatic heterocycles. The van der Waals surface area contributed by atoms with Crippen LogP contribution in [0.1, 0.15) is 38.2 Å². The van der Waals surface area contributed by atoms with Gasteiger partial charge in [-0.25, -0.2) is 4.79 Å². The molecule has 0 aromatic carbocycles. The second-order valence-corrected chi connectivity index (χ2v) is 5.75. The maximum absolute atomic E-state index is 12.0. The zero-order chi connectivity index (χ0) is 16.2. The summed E-state index contributed by atoms with van der Waals surface area (Å²) in [6.07, 6.45) is 0.836. The van der Waals surface area contributed by atoms with E-state index in [4.69, 9.17) is 9.84 Å². The monoisotopic (exact) mass is 298 g/mol. The van der Waals surface area contributed by atoms with Gasteiger partial charge in [0.05, 0.1) is 12.3 Å². The third-order valence-corrected chi connectivity index (χ3v) is 2.33. The molecule has 2 amide bonds. The molecule has 0 saturated carbocycles. The van der Waals surface area contributed by atoms with Gasteiger partial charge < -0.3 is 15.2 Å². The molecule has 0 bridgehead atoms. The molecular formula is C13H22N4O4. The molecule has 1 heterocycles. The first-order valence-electron chi connectivity index (χ1n) is 6.57. The summed E-state index contributed by atoms with van der Waals surface area (Å²) in [6, 6.07) is -0.408. The van der Waals surface area contributed by atoms with Gasteiger partial charge in [-0.05, 0) is 27.7 Å². The molecular weight excluding hydrogens is 276 g/mol. The Morgan fingerprint density at radius 2 is 2.10 bits per heavy atom. The Morgan fingerprint density at radius 1 is 1.48 bits per heavy atom. The van der Waals surface area contributed by atoms with Crippen LogP contribution in [-0.2, 0) is 11.8 Å². The summed E-state index contributed by atoms with van der Waals surface area (Å²) in [5.74, 6) is -0.483. The first-order valence-corrected chi connectivity index (χ1v) is 6.57. The normalized spacial score (nSPS) is 12.7. The Labute approximate surface area is 123 Å². The molecule has 8 heteroatoms. The number of amides is 2. The number of carbonyl (C=O) groups excluding carboxylic acids is 2. The number of rotatable bonds is 4. The third kappa shape index (κ3) is 5.42. The summed E-state index contributed by atoms with van der Waals surface area (Å²) in [6.45, 7) is 6.69. The smallest absolute Gasteiger partial charge is 0.412 e. The van der Waals surface area contributed by atoms with Crippen LogP contribution in [0.3, 0.4) is 0 Å². The first kappa shape index (κ1) is 17.0. The number of hydrogen-bond donors (Lipinski definition) is 3. The maximum Gasteiger partial charge on any atom is 0.412 e. The average molecular weight is 298 g/mol. The number of hydrogen-bond acceptors (Lipinski definition) is 5. The standard InChI is InChI=1S/C13H22N4O4/c1-8(7-18)14-11(19)10-9(6-17(5)16-10)15-12(20)21-13(2,3)4/h6,8,18H,7H2,1-5H3,(H,14,19)(H,15,20). The molecule has 0 spiro atoms. The van der Waals surface area contributed by atoms with E-state index in [1.54, 1.807) is 34.7 Å². The minimum absolute atomic E-state index is 0.0589. The predicted molar refractivity (Wildman–Crippen MR) is 77.1 cm³/mol. The highest BCUT2D eigenvalue weighted by molar-refractivity contribution is 6.01. The summed E-state index contributed by atoms with van der Waals surface area (Å²) < 4.78 is 6.54. The predicted octanol–water partition coefficient (Wildman–Crippen LogP) is 0.878. The van der Waals surface area contributed by atoms with E-state index in [1.165, 1.54) is 10.9 Å². The van der Waals surface area contributed by atoms with Crippen LogP contribution in [0, 0.1) is 0 Å². The molecule has 3 N–H and O–H groups in total. The molecule has 0 aliphatic heterocycles. The number of aliphatic hydroxyl groups excluding tert-OH is 1. The van der Waals surface area contributed by atoms with Crippen LogP contribution in [-0.4, -0.2) is 45.1 Å².